The quantitative estimate of drug-likeness (QED) is 0.744. The molecule has 0 aliphatic heterocycles. The lowest BCUT2D eigenvalue weighted by Crippen LogP contribution is -1.96. The molecular weight excluding hydrogens is 298 g/mol. The summed E-state index contributed by atoms with van der Waals surface area (Å²) in [5.41, 5.74) is 6.91. The number of carbonyl (C=O) groups is 1. The van der Waals surface area contributed by atoms with Gasteiger partial charge < -0.3 is 15.6 Å². The maximum Gasteiger partial charge on any atom is 0.348 e. The van der Waals surface area contributed by atoms with Gasteiger partial charge in [0, 0.05) is 4.88 Å². The number of benzene rings is 2. The fourth-order valence-corrected chi connectivity index (χ4v) is 2.95. The van der Waals surface area contributed by atoms with Crippen molar-refractivity contribution in [3.8, 4) is 21.9 Å². The molecule has 0 atom stereocenters. The minimum Gasteiger partial charge on any atom is -0.477 e. The zero-order valence-corrected chi connectivity index (χ0v) is 12.3. The molecule has 3 N–H and O–H groups in total. The maximum absolute atomic E-state index is 11.0. The zero-order chi connectivity index (χ0) is 15.5. The van der Waals surface area contributed by atoms with Gasteiger partial charge in [0.2, 0.25) is 0 Å². The van der Waals surface area contributed by atoms with E-state index < -0.39 is 5.97 Å². The summed E-state index contributed by atoms with van der Waals surface area (Å²) in [4.78, 5) is 12.0. The van der Waals surface area contributed by atoms with E-state index in [9.17, 15) is 4.79 Å². The van der Waals surface area contributed by atoms with Gasteiger partial charge in [0.1, 0.15) is 16.4 Å². The van der Waals surface area contributed by atoms with Crippen molar-refractivity contribution < 1.29 is 14.6 Å². The number of ether oxygens (including phenoxy) is 1. The van der Waals surface area contributed by atoms with Crippen LogP contribution in [0.25, 0.3) is 10.4 Å². The van der Waals surface area contributed by atoms with Gasteiger partial charge in [-0.2, -0.15) is 0 Å². The van der Waals surface area contributed by atoms with Crippen LogP contribution in [0.15, 0.2) is 60.7 Å². The van der Waals surface area contributed by atoms with Crippen LogP contribution in [0.4, 0.5) is 5.69 Å². The highest BCUT2D eigenvalue weighted by Crippen LogP contribution is 2.34. The van der Waals surface area contributed by atoms with Crippen molar-refractivity contribution >= 4 is 23.0 Å². The SMILES string of the molecule is Nc1cc(-c2ccc(Oc3ccccc3)cc2)sc1C(=O)O. The van der Waals surface area contributed by atoms with Gasteiger partial charge in [-0.25, -0.2) is 4.79 Å². The predicted octanol–water partition coefficient (Wildman–Crippen LogP) is 4.49. The molecule has 0 bridgehead atoms. The molecule has 0 spiro atoms. The minimum atomic E-state index is -1.00. The Morgan fingerprint density at radius 3 is 2.23 bits per heavy atom. The third-order valence-corrected chi connectivity index (χ3v) is 4.26. The summed E-state index contributed by atoms with van der Waals surface area (Å²) in [5.74, 6) is 0.486. The number of aromatic carboxylic acids is 1. The van der Waals surface area contributed by atoms with Crippen LogP contribution in [0.2, 0.25) is 0 Å². The monoisotopic (exact) mass is 311 g/mol. The average Bonchev–Trinajstić information content (AvgIpc) is 2.91. The number of nitrogen functional groups attached to an aromatic ring is 1. The van der Waals surface area contributed by atoms with Crippen molar-refractivity contribution in [3.63, 3.8) is 0 Å². The second kappa shape index (κ2) is 5.91. The molecule has 0 fully saturated rings. The van der Waals surface area contributed by atoms with Crippen LogP contribution >= 0.6 is 11.3 Å². The van der Waals surface area contributed by atoms with Gasteiger partial charge in [0.25, 0.3) is 0 Å². The Balaban J connectivity index is 1.82. The van der Waals surface area contributed by atoms with Gasteiger partial charge in [-0.05, 0) is 48.0 Å². The first-order valence-corrected chi connectivity index (χ1v) is 7.41. The molecule has 0 saturated heterocycles. The predicted molar refractivity (Wildman–Crippen MR) is 87.6 cm³/mol. The third-order valence-electron chi connectivity index (χ3n) is 3.07. The van der Waals surface area contributed by atoms with Crippen LogP contribution in [-0.2, 0) is 0 Å². The van der Waals surface area contributed by atoms with Gasteiger partial charge in [0.15, 0.2) is 0 Å². The van der Waals surface area contributed by atoms with E-state index in [-0.39, 0.29) is 10.6 Å². The molecular formula is C17H13NO3S. The van der Waals surface area contributed by atoms with Crippen LogP contribution in [0.5, 0.6) is 11.5 Å². The van der Waals surface area contributed by atoms with Crippen LogP contribution in [0.1, 0.15) is 9.67 Å². The maximum atomic E-state index is 11.0. The number of hydrogen-bond acceptors (Lipinski definition) is 4. The molecule has 1 aromatic heterocycles. The van der Waals surface area contributed by atoms with Crippen molar-refractivity contribution in [2.75, 3.05) is 5.73 Å². The Morgan fingerprint density at radius 2 is 1.64 bits per heavy atom. The minimum absolute atomic E-state index is 0.166. The first-order valence-electron chi connectivity index (χ1n) is 6.59. The highest BCUT2D eigenvalue weighted by Gasteiger charge is 2.14. The molecule has 0 aliphatic carbocycles. The van der Waals surface area contributed by atoms with Crippen molar-refractivity contribution in [2.45, 2.75) is 0 Å². The molecule has 0 saturated carbocycles. The van der Waals surface area contributed by atoms with E-state index in [2.05, 4.69) is 0 Å². The highest BCUT2D eigenvalue weighted by atomic mass is 32.1. The number of hydrogen-bond donors (Lipinski definition) is 2. The molecule has 1 heterocycles. The summed E-state index contributed by atoms with van der Waals surface area (Å²) in [6.07, 6.45) is 0. The van der Waals surface area contributed by atoms with E-state index in [1.807, 2.05) is 54.6 Å². The molecule has 0 unspecified atom stereocenters. The zero-order valence-electron chi connectivity index (χ0n) is 11.5. The summed E-state index contributed by atoms with van der Waals surface area (Å²) in [7, 11) is 0. The average molecular weight is 311 g/mol. The van der Waals surface area contributed by atoms with Gasteiger partial charge >= 0.3 is 5.97 Å². The molecule has 3 aromatic rings. The number of carboxylic acids is 1. The Bertz CT molecular complexity index is 795. The van der Waals surface area contributed by atoms with Gasteiger partial charge in [-0.1, -0.05) is 18.2 Å². The second-order valence-electron chi connectivity index (χ2n) is 4.64. The number of nitrogens with two attached hydrogens (primary N) is 1. The molecule has 2 aromatic carbocycles. The van der Waals surface area contributed by atoms with Crippen LogP contribution in [-0.4, -0.2) is 11.1 Å². The number of carboxylic acid groups (broad SMARTS) is 1. The smallest absolute Gasteiger partial charge is 0.348 e. The molecule has 3 rings (SSSR count). The normalized spacial score (nSPS) is 10.4. The molecule has 4 nitrogen and oxygen atoms in total. The van der Waals surface area contributed by atoms with E-state index in [1.54, 1.807) is 6.07 Å². The lowest BCUT2D eigenvalue weighted by molar-refractivity contribution is 0.0703. The number of thiophene rings is 1. The number of anilines is 1. The Morgan fingerprint density at radius 1 is 1.00 bits per heavy atom. The molecule has 0 aliphatic rings. The van der Waals surface area contributed by atoms with E-state index in [4.69, 9.17) is 15.6 Å². The molecule has 110 valence electrons. The van der Waals surface area contributed by atoms with E-state index >= 15 is 0 Å². The Labute approximate surface area is 131 Å². The van der Waals surface area contributed by atoms with Crippen molar-refractivity contribution in [1.29, 1.82) is 0 Å². The van der Waals surface area contributed by atoms with Crippen molar-refractivity contribution in [3.05, 3.63) is 65.5 Å². The standard InChI is InChI=1S/C17H13NO3S/c18-14-10-15(22-16(14)17(19)20)11-6-8-13(9-7-11)21-12-4-2-1-3-5-12/h1-10H,18H2,(H,19,20). The van der Waals surface area contributed by atoms with Crippen molar-refractivity contribution in [1.82, 2.24) is 0 Å². The summed E-state index contributed by atoms with van der Waals surface area (Å²) < 4.78 is 5.72. The van der Waals surface area contributed by atoms with E-state index in [1.165, 1.54) is 11.3 Å². The summed E-state index contributed by atoms with van der Waals surface area (Å²) in [5, 5.41) is 9.04. The Hall–Kier alpha value is -2.79. The summed E-state index contributed by atoms with van der Waals surface area (Å²) in [6, 6.07) is 18.7. The summed E-state index contributed by atoms with van der Waals surface area (Å²) >= 11 is 1.17. The first-order chi connectivity index (χ1) is 10.6. The summed E-state index contributed by atoms with van der Waals surface area (Å²) in [6.45, 7) is 0. The fraction of sp³-hybridized carbons (Fsp3) is 0. The van der Waals surface area contributed by atoms with Gasteiger partial charge in [0.05, 0.1) is 5.69 Å². The third kappa shape index (κ3) is 2.94. The van der Waals surface area contributed by atoms with E-state index in [0.29, 0.717) is 0 Å². The first kappa shape index (κ1) is 14.2. The topological polar surface area (TPSA) is 72.5 Å². The number of rotatable bonds is 4. The van der Waals surface area contributed by atoms with Crippen LogP contribution < -0.4 is 10.5 Å². The Kier molecular flexibility index (Phi) is 3.80. The molecule has 22 heavy (non-hydrogen) atoms. The second-order valence-corrected chi connectivity index (χ2v) is 5.69. The molecule has 5 heteroatoms. The van der Waals surface area contributed by atoms with Crippen LogP contribution in [0.3, 0.4) is 0 Å². The van der Waals surface area contributed by atoms with E-state index in [0.717, 1.165) is 21.9 Å². The fourth-order valence-electron chi connectivity index (χ4n) is 2.03. The molecule has 0 amide bonds. The van der Waals surface area contributed by atoms with Crippen LogP contribution in [0, 0.1) is 0 Å². The lowest BCUT2D eigenvalue weighted by Gasteiger charge is -2.05. The lowest BCUT2D eigenvalue weighted by atomic mass is 10.2. The van der Waals surface area contributed by atoms with Gasteiger partial charge in [-0.15, -0.1) is 11.3 Å². The van der Waals surface area contributed by atoms with Gasteiger partial charge in [-0.3, -0.25) is 0 Å². The molecule has 0 radical (unpaired) electrons. The highest BCUT2D eigenvalue weighted by molar-refractivity contribution is 7.17. The number of para-hydroxylation sites is 1. The van der Waals surface area contributed by atoms with Crippen molar-refractivity contribution in [2.24, 2.45) is 0 Å². The largest absolute Gasteiger partial charge is 0.477 e.